The lowest BCUT2D eigenvalue weighted by Gasteiger charge is -2.00. The maximum Gasteiger partial charge on any atom is 0.220 e. The fourth-order valence-electron chi connectivity index (χ4n) is 1.95. The van der Waals surface area contributed by atoms with Crippen molar-refractivity contribution in [3.05, 3.63) is 33.9 Å². The normalized spacial score (nSPS) is 15.2. The van der Waals surface area contributed by atoms with Gasteiger partial charge in [-0.1, -0.05) is 15.9 Å². The molecule has 2 aromatic rings. The Morgan fingerprint density at radius 2 is 2.21 bits per heavy atom. The van der Waals surface area contributed by atoms with E-state index < -0.39 is 0 Å². The smallest absolute Gasteiger partial charge is 0.220 e. The Morgan fingerprint density at radius 3 is 2.89 bits per heavy atom. The van der Waals surface area contributed by atoms with Crippen molar-refractivity contribution >= 4 is 45.4 Å². The summed E-state index contributed by atoms with van der Waals surface area (Å²) in [7, 11) is 1.66. The van der Waals surface area contributed by atoms with Crippen molar-refractivity contribution in [2.75, 3.05) is 5.73 Å². The number of anilines is 1. The van der Waals surface area contributed by atoms with Gasteiger partial charge in [-0.2, -0.15) is 0 Å². The number of fused-ring (bicyclic) bond motifs is 1. The summed E-state index contributed by atoms with van der Waals surface area (Å²) in [6.07, 6.45) is 3.52. The SMILES string of the molecule is Cn1c(N)nc(C=C2C=Nc3ccc(Br)cc32)c1O. The quantitative estimate of drug-likeness (QED) is 0.848. The van der Waals surface area contributed by atoms with E-state index in [0.29, 0.717) is 5.69 Å². The third-order valence-corrected chi connectivity index (χ3v) is 3.52. The first-order chi connectivity index (χ1) is 9.06. The van der Waals surface area contributed by atoms with Crippen LogP contribution in [0.15, 0.2) is 27.7 Å². The first-order valence-electron chi connectivity index (χ1n) is 5.63. The number of nitrogens with two attached hydrogens (primary N) is 1. The number of aromatic hydroxyl groups is 1. The molecule has 2 heterocycles. The zero-order valence-electron chi connectivity index (χ0n) is 10.1. The standard InChI is InChI=1S/C13H11BrN4O/c1-18-12(19)11(17-13(18)15)4-7-6-16-10-3-2-8(14)5-9(7)10/h2-6,19H,1H3,(H2,15,17). The van der Waals surface area contributed by atoms with Crippen LogP contribution in [0.4, 0.5) is 11.6 Å². The highest BCUT2D eigenvalue weighted by Gasteiger charge is 2.15. The molecule has 3 rings (SSSR count). The molecule has 0 spiro atoms. The van der Waals surface area contributed by atoms with Gasteiger partial charge in [0.1, 0.15) is 5.69 Å². The topological polar surface area (TPSA) is 76.4 Å². The van der Waals surface area contributed by atoms with Crippen molar-refractivity contribution in [1.29, 1.82) is 0 Å². The number of aliphatic imine (C=N–C) groups is 1. The van der Waals surface area contributed by atoms with Crippen molar-refractivity contribution < 1.29 is 5.11 Å². The number of benzene rings is 1. The monoisotopic (exact) mass is 318 g/mol. The van der Waals surface area contributed by atoms with Crippen molar-refractivity contribution in [3.63, 3.8) is 0 Å². The van der Waals surface area contributed by atoms with E-state index in [4.69, 9.17) is 5.73 Å². The van der Waals surface area contributed by atoms with Crippen molar-refractivity contribution in [2.45, 2.75) is 0 Å². The van der Waals surface area contributed by atoms with Crippen LogP contribution in [0.3, 0.4) is 0 Å². The number of halogens is 1. The molecule has 1 aromatic carbocycles. The van der Waals surface area contributed by atoms with E-state index in [1.807, 2.05) is 18.2 Å². The summed E-state index contributed by atoms with van der Waals surface area (Å²) in [5.74, 6) is 0.315. The predicted molar refractivity (Wildman–Crippen MR) is 79.5 cm³/mol. The highest BCUT2D eigenvalue weighted by molar-refractivity contribution is 9.10. The summed E-state index contributed by atoms with van der Waals surface area (Å²) in [6.45, 7) is 0. The molecule has 0 radical (unpaired) electrons. The lowest BCUT2D eigenvalue weighted by Crippen LogP contribution is -1.95. The molecule has 3 N–H and O–H groups in total. The van der Waals surface area contributed by atoms with Crippen molar-refractivity contribution in [2.24, 2.45) is 12.0 Å². The van der Waals surface area contributed by atoms with Gasteiger partial charge in [-0.3, -0.25) is 9.56 Å². The summed E-state index contributed by atoms with van der Waals surface area (Å²) in [6, 6.07) is 5.86. The third kappa shape index (κ3) is 1.94. The molecule has 6 heteroatoms. The number of hydrogen-bond donors (Lipinski definition) is 2. The van der Waals surface area contributed by atoms with Crippen LogP contribution >= 0.6 is 15.9 Å². The van der Waals surface area contributed by atoms with E-state index in [2.05, 4.69) is 25.9 Å². The van der Waals surface area contributed by atoms with Gasteiger partial charge < -0.3 is 10.8 Å². The van der Waals surface area contributed by atoms with E-state index in [1.54, 1.807) is 19.3 Å². The number of nitrogen functional groups attached to an aromatic ring is 1. The number of allylic oxidation sites excluding steroid dienone is 1. The Morgan fingerprint density at radius 1 is 1.42 bits per heavy atom. The van der Waals surface area contributed by atoms with Gasteiger partial charge in [0.15, 0.2) is 0 Å². The highest BCUT2D eigenvalue weighted by Crippen LogP contribution is 2.35. The van der Waals surface area contributed by atoms with Crippen LogP contribution in [0, 0.1) is 0 Å². The minimum Gasteiger partial charge on any atom is -0.493 e. The minimum atomic E-state index is 0.0434. The van der Waals surface area contributed by atoms with E-state index >= 15 is 0 Å². The van der Waals surface area contributed by atoms with Gasteiger partial charge in [-0.15, -0.1) is 0 Å². The Kier molecular flexibility index (Phi) is 2.67. The average molecular weight is 319 g/mol. The second-order valence-electron chi connectivity index (χ2n) is 4.26. The molecule has 0 saturated carbocycles. The van der Waals surface area contributed by atoms with Crippen molar-refractivity contribution in [1.82, 2.24) is 9.55 Å². The van der Waals surface area contributed by atoms with Crippen LogP contribution in [0.2, 0.25) is 0 Å². The maximum absolute atomic E-state index is 9.90. The molecule has 19 heavy (non-hydrogen) atoms. The van der Waals surface area contributed by atoms with Crippen LogP contribution in [0.1, 0.15) is 11.3 Å². The molecule has 0 amide bonds. The molecule has 5 nitrogen and oxygen atoms in total. The molecular formula is C13H11BrN4O. The van der Waals surface area contributed by atoms with Crippen LogP contribution in [0.25, 0.3) is 11.6 Å². The summed E-state index contributed by atoms with van der Waals surface area (Å²) < 4.78 is 2.41. The van der Waals surface area contributed by atoms with Gasteiger partial charge in [0.25, 0.3) is 0 Å². The molecule has 0 fully saturated rings. The first-order valence-corrected chi connectivity index (χ1v) is 6.42. The second-order valence-corrected chi connectivity index (χ2v) is 5.17. The van der Waals surface area contributed by atoms with Gasteiger partial charge >= 0.3 is 0 Å². The number of hydrogen-bond acceptors (Lipinski definition) is 4. The zero-order valence-corrected chi connectivity index (χ0v) is 11.7. The fraction of sp³-hybridized carbons (Fsp3) is 0.0769. The van der Waals surface area contributed by atoms with Crippen LogP contribution in [-0.4, -0.2) is 20.9 Å². The number of imidazole rings is 1. The van der Waals surface area contributed by atoms with E-state index in [-0.39, 0.29) is 11.8 Å². The summed E-state index contributed by atoms with van der Waals surface area (Å²) in [5.41, 5.74) is 8.89. The Labute approximate surface area is 118 Å². The zero-order chi connectivity index (χ0) is 13.6. The predicted octanol–water partition coefficient (Wildman–Crippen LogP) is 2.73. The molecule has 0 bridgehead atoms. The number of aromatic nitrogens is 2. The van der Waals surface area contributed by atoms with Crippen LogP contribution < -0.4 is 5.73 Å². The molecule has 96 valence electrons. The van der Waals surface area contributed by atoms with E-state index in [0.717, 1.165) is 21.3 Å². The molecular weight excluding hydrogens is 308 g/mol. The molecule has 0 aliphatic carbocycles. The fourth-order valence-corrected chi connectivity index (χ4v) is 2.31. The van der Waals surface area contributed by atoms with E-state index in [1.165, 1.54) is 4.57 Å². The van der Waals surface area contributed by atoms with Gasteiger partial charge in [-0.25, -0.2) is 4.98 Å². The largest absolute Gasteiger partial charge is 0.493 e. The van der Waals surface area contributed by atoms with Gasteiger partial charge in [-0.05, 0) is 24.3 Å². The molecule has 1 aromatic heterocycles. The number of nitrogens with zero attached hydrogens (tertiary/aromatic N) is 3. The second kappa shape index (κ2) is 4.24. The van der Waals surface area contributed by atoms with Crippen LogP contribution in [-0.2, 0) is 7.05 Å². The molecule has 1 aliphatic heterocycles. The third-order valence-electron chi connectivity index (χ3n) is 3.03. The lowest BCUT2D eigenvalue weighted by molar-refractivity contribution is 0.432. The van der Waals surface area contributed by atoms with Gasteiger partial charge in [0, 0.05) is 28.9 Å². The van der Waals surface area contributed by atoms with E-state index in [9.17, 15) is 5.11 Å². The van der Waals surface area contributed by atoms with Crippen molar-refractivity contribution in [3.8, 4) is 5.88 Å². The lowest BCUT2D eigenvalue weighted by atomic mass is 10.1. The summed E-state index contributed by atoms with van der Waals surface area (Å²) in [5, 5.41) is 9.90. The van der Waals surface area contributed by atoms with Gasteiger partial charge in [0.2, 0.25) is 11.8 Å². The Hall–Kier alpha value is -2.08. The average Bonchev–Trinajstić information content (AvgIpc) is 2.88. The molecule has 1 aliphatic rings. The molecule has 0 atom stereocenters. The molecule has 0 unspecified atom stereocenters. The Bertz CT molecular complexity index is 730. The van der Waals surface area contributed by atoms with Crippen LogP contribution in [0.5, 0.6) is 5.88 Å². The number of rotatable bonds is 1. The maximum atomic E-state index is 9.90. The van der Waals surface area contributed by atoms with Gasteiger partial charge in [0.05, 0.1) is 5.69 Å². The first kappa shape index (κ1) is 12.0. The Balaban J connectivity index is 2.10. The minimum absolute atomic E-state index is 0.0434. The molecule has 0 saturated heterocycles. The summed E-state index contributed by atoms with van der Waals surface area (Å²) in [4.78, 5) is 8.42. The highest BCUT2D eigenvalue weighted by atomic mass is 79.9. The summed E-state index contributed by atoms with van der Waals surface area (Å²) >= 11 is 3.44.